The molecule has 1 fully saturated rings. The highest BCUT2D eigenvalue weighted by Gasteiger charge is 2.48. The molecule has 1 heterocycles. The third kappa shape index (κ3) is 4.85. The number of ether oxygens (including phenoxy) is 2. The fourth-order valence-corrected chi connectivity index (χ4v) is 4.77. The van der Waals surface area contributed by atoms with E-state index in [1.807, 2.05) is 6.07 Å². The lowest BCUT2D eigenvalue weighted by molar-refractivity contribution is 0.0587. The fraction of sp³-hybridized carbons (Fsp3) is 0.458. The van der Waals surface area contributed by atoms with E-state index in [4.69, 9.17) is 9.47 Å². The topological polar surface area (TPSA) is 38.8 Å². The van der Waals surface area contributed by atoms with Crippen molar-refractivity contribution in [1.29, 1.82) is 0 Å². The number of ketones is 1. The van der Waals surface area contributed by atoms with Crippen molar-refractivity contribution >= 4 is 18.2 Å². The van der Waals surface area contributed by atoms with Crippen molar-refractivity contribution in [3.63, 3.8) is 0 Å². The molecule has 0 amide bonds. The molecule has 4 nitrogen and oxygen atoms in total. The van der Waals surface area contributed by atoms with Gasteiger partial charge in [-0.15, -0.1) is 12.4 Å². The molecule has 1 aliphatic carbocycles. The molecule has 0 spiro atoms. The Morgan fingerprint density at radius 2 is 1.77 bits per heavy atom. The van der Waals surface area contributed by atoms with Gasteiger partial charge in [-0.3, -0.25) is 9.69 Å². The van der Waals surface area contributed by atoms with Gasteiger partial charge in [-0.2, -0.15) is 0 Å². The van der Waals surface area contributed by atoms with Crippen LogP contribution in [0.1, 0.15) is 40.7 Å². The Hall–Kier alpha value is -2.18. The first-order valence-corrected chi connectivity index (χ1v) is 10.4. The lowest BCUT2D eigenvalue weighted by Gasteiger charge is -2.34. The normalized spacial score (nSPS) is 21.5. The number of nitrogens with zero attached hydrogens (tertiary/aromatic N) is 1. The molecule has 2 aliphatic rings. The SMILES string of the molecule is COc1cc2c(cc1OC)C(=O)[C@@](F)(CC1CCN(Cc3cccc(F)c3)CC1)C2.Cl. The number of alkyl halides is 1. The Bertz CT molecular complexity index is 946. The Kier molecular flexibility index (Phi) is 7.22. The van der Waals surface area contributed by atoms with Crippen molar-refractivity contribution in [3.05, 3.63) is 58.9 Å². The van der Waals surface area contributed by atoms with Crippen LogP contribution in [0.2, 0.25) is 0 Å². The molecule has 1 atom stereocenters. The van der Waals surface area contributed by atoms with E-state index in [1.165, 1.54) is 20.3 Å². The number of benzene rings is 2. The molecule has 0 bridgehead atoms. The number of carbonyl (C=O) groups excluding carboxylic acids is 1. The molecule has 31 heavy (non-hydrogen) atoms. The minimum absolute atomic E-state index is 0. The van der Waals surface area contributed by atoms with Gasteiger partial charge in [0.2, 0.25) is 5.78 Å². The van der Waals surface area contributed by atoms with Crippen LogP contribution in [0.25, 0.3) is 0 Å². The van der Waals surface area contributed by atoms with E-state index >= 15 is 4.39 Å². The average Bonchev–Trinajstić information content (AvgIpc) is 2.98. The first-order valence-electron chi connectivity index (χ1n) is 10.4. The van der Waals surface area contributed by atoms with Crippen LogP contribution >= 0.6 is 12.4 Å². The summed E-state index contributed by atoms with van der Waals surface area (Å²) in [4.78, 5) is 15.1. The van der Waals surface area contributed by atoms with Crippen molar-refractivity contribution in [2.24, 2.45) is 5.92 Å². The highest BCUT2D eigenvalue weighted by atomic mass is 35.5. The second kappa shape index (κ2) is 9.53. The predicted molar refractivity (Wildman–Crippen MR) is 118 cm³/mol. The predicted octanol–water partition coefficient (Wildman–Crippen LogP) is 5.01. The number of piperidine rings is 1. The van der Waals surface area contributed by atoms with Crippen LogP contribution < -0.4 is 9.47 Å². The molecule has 1 saturated heterocycles. The lowest BCUT2D eigenvalue weighted by Crippen LogP contribution is -2.38. The zero-order valence-electron chi connectivity index (χ0n) is 17.8. The van der Waals surface area contributed by atoms with E-state index in [2.05, 4.69) is 4.90 Å². The number of methoxy groups -OCH3 is 2. The fourth-order valence-electron chi connectivity index (χ4n) is 4.77. The van der Waals surface area contributed by atoms with Crippen LogP contribution in [0.15, 0.2) is 36.4 Å². The maximum Gasteiger partial charge on any atom is 0.200 e. The minimum Gasteiger partial charge on any atom is -0.493 e. The number of hydrogen-bond donors (Lipinski definition) is 0. The van der Waals surface area contributed by atoms with Gasteiger partial charge in [-0.25, -0.2) is 8.78 Å². The highest BCUT2D eigenvalue weighted by Crippen LogP contribution is 2.43. The standard InChI is InChI=1S/C24H27F2NO3.ClH/c1-29-21-11-18-14-24(26,23(28)20(18)12-22(21)30-2)13-16-6-8-27(9-7-16)15-17-4-3-5-19(25)10-17;/h3-5,10-12,16H,6-9,13-15H2,1-2H3;1H/t24-;/m1./s1. The first kappa shape index (κ1) is 23.5. The third-order valence-corrected chi connectivity index (χ3v) is 6.35. The molecule has 168 valence electrons. The minimum atomic E-state index is -1.87. The molecule has 0 radical (unpaired) electrons. The monoisotopic (exact) mass is 451 g/mol. The molecular formula is C24H28ClF2NO3. The van der Waals surface area contributed by atoms with Gasteiger partial charge < -0.3 is 9.47 Å². The van der Waals surface area contributed by atoms with Gasteiger partial charge in [-0.1, -0.05) is 12.1 Å². The van der Waals surface area contributed by atoms with E-state index in [9.17, 15) is 9.18 Å². The summed E-state index contributed by atoms with van der Waals surface area (Å²) in [5.74, 6) is 0.439. The van der Waals surface area contributed by atoms with E-state index in [-0.39, 0.29) is 37.0 Å². The Morgan fingerprint density at radius 3 is 2.42 bits per heavy atom. The summed E-state index contributed by atoms with van der Waals surface area (Å²) in [6.45, 7) is 2.33. The molecule has 0 N–H and O–H groups in total. The number of Topliss-reactive ketones (excluding diaryl/α,β-unsaturated/α-hetero) is 1. The maximum atomic E-state index is 15.8. The summed E-state index contributed by atoms with van der Waals surface area (Å²) in [5, 5.41) is 0. The molecule has 4 rings (SSSR count). The summed E-state index contributed by atoms with van der Waals surface area (Å²) in [7, 11) is 3.03. The van der Waals surface area contributed by atoms with Crippen molar-refractivity contribution < 1.29 is 23.0 Å². The molecule has 0 aromatic heterocycles. The van der Waals surface area contributed by atoms with Crippen LogP contribution in [0.3, 0.4) is 0 Å². The Labute approximate surface area is 187 Å². The van der Waals surface area contributed by atoms with Gasteiger partial charge in [0.05, 0.1) is 14.2 Å². The summed E-state index contributed by atoms with van der Waals surface area (Å²) in [5.41, 5.74) is 0.164. The number of fused-ring (bicyclic) bond motifs is 1. The lowest BCUT2D eigenvalue weighted by atomic mass is 9.83. The van der Waals surface area contributed by atoms with Gasteiger partial charge in [-0.05, 0) is 73.7 Å². The third-order valence-electron chi connectivity index (χ3n) is 6.35. The van der Waals surface area contributed by atoms with Crippen molar-refractivity contribution in [2.75, 3.05) is 27.3 Å². The van der Waals surface area contributed by atoms with E-state index in [0.29, 0.717) is 29.2 Å². The highest BCUT2D eigenvalue weighted by molar-refractivity contribution is 6.07. The van der Waals surface area contributed by atoms with E-state index in [0.717, 1.165) is 31.5 Å². The van der Waals surface area contributed by atoms with Gasteiger partial charge in [0.25, 0.3) is 0 Å². The number of rotatable bonds is 6. The summed E-state index contributed by atoms with van der Waals surface area (Å²) in [6, 6.07) is 9.95. The van der Waals surface area contributed by atoms with Crippen molar-refractivity contribution in [2.45, 2.75) is 37.9 Å². The average molecular weight is 452 g/mol. The second-order valence-corrected chi connectivity index (χ2v) is 8.39. The zero-order valence-corrected chi connectivity index (χ0v) is 18.6. The largest absolute Gasteiger partial charge is 0.493 e. The molecule has 2 aromatic carbocycles. The molecule has 0 unspecified atom stereocenters. The van der Waals surface area contributed by atoms with E-state index < -0.39 is 11.5 Å². The first-order chi connectivity index (χ1) is 14.4. The van der Waals surface area contributed by atoms with Gasteiger partial charge in [0, 0.05) is 18.5 Å². The van der Waals surface area contributed by atoms with Crippen LogP contribution in [-0.2, 0) is 13.0 Å². The Balaban J connectivity index is 0.00000272. The smallest absolute Gasteiger partial charge is 0.200 e. The zero-order chi connectivity index (χ0) is 21.3. The van der Waals surface area contributed by atoms with Crippen LogP contribution in [0.5, 0.6) is 11.5 Å². The van der Waals surface area contributed by atoms with Crippen LogP contribution in [0, 0.1) is 11.7 Å². The van der Waals surface area contributed by atoms with Crippen molar-refractivity contribution in [1.82, 2.24) is 4.90 Å². The summed E-state index contributed by atoms with van der Waals surface area (Å²) >= 11 is 0. The number of likely N-dealkylation sites (tertiary alicyclic amines) is 1. The number of halogens is 3. The molecule has 1 aliphatic heterocycles. The summed E-state index contributed by atoms with van der Waals surface area (Å²) in [6.07, 6.45) is 1.98. The molecular weight excluding hydrogens is 424 g/mol. The molecule has 7 heteroatoms. The quantitative estimate of drug-likeness (QED) is 0.618. The second-order valence-electron chi connectivity index (χ2n) is 8.39. The maximum absolute atomic E-state index is 15.8. The number of hydrogen-bond acceptors (Lipinski definition) is 4. The van der Waals surface area contributed by atoms with Gasteiger partial charge in [0.15, 0.2) is 17.2 Å². The van der Waals surface area contributed by atoms with Gasteiger partial charge >= 0.3 is 0 Å². The van der Waals surface area contributed by atoms with E-state index in [1.54, 1.807) is 24.3 Å². The van der Waals surface area contributed by atoms with Gasteiger partial charge in [0.1, 0.15) is 5.82 Å². The molecule has 0 saturated carbocycles. The van der Waals surface area contributed by atoms with Crippen LogP contribution in [-0.4, -0.2) is 43.7 Å². The summed E-state index contributed by atoms with van der Waals surface area (Å²) < 4.78 is 39.7. The van der Waals surface area contributed by atoms with Crippen LogP contribution in [0.4, 0.5) is 8.78 Å². The van der Waals surface area contributed by atoms with Crippen molar-refractivity contribution in [3.8, 4) is 11.5 Å². The molecule has 2 aromatic rings. The Morgan fingerprint density at radius 1 is 1.10 bits per heavy atom. The number of carbonyl (C=O) groups is 1.